The maximum Gasteiger partial charge on any atom is 0.254 e. The standard InChI is InChI=1S/C24H24N2O3/c1-17-7-8-21-19(15-17)20(16-22(25-21)18-5-3-2-4-6-18)23(27)26-11-9-24(10-12-26)28-13-14-29-24/h2-8,15-16H,9-14H2,1H3. The van der Waals surface area contributed by atoms with Crippen molar-refractivity contribution in [1.82, 2.24) is 9.88 Å². The lowest BCUT2D eigenvalue weighted by Gasteiger charge is -2.37. The summed E-state index contributed by atoms with van der Waals surface area (Å²) in [5.41, 5.74) is 4.50. The third-order valence-corrected chi connectivity index (χ3v) is 5.89. The number of rotatable bonds is 2. The lowest BCUT2D eigenvalue weighted by Crippen LogP contribution is -2.47. The molecule has 5 rings (SSSR count). The van der Waals surface area contributed by atoms with Crippen molar-refractivity contribution in [2.75, 3.05) is 26.3 Å². The van der Waals surface area contributed by atoms with Crippen LogP contribution in [0.5, 0.6) is 0 Å². The normalized spacial score (nSPS) is 18.4. The number of likely N-dealkylation sites (tertiary alicyclic amines) is 1. The number of hydrogen-bond acceptors (Lipinski definition) is 4. The van der Waals surface area contributed by atoms with Crippen LogP contribution >= 0.6 is 0 Å². The van der Waals surface area contributed by atoms with Gasteiger partial charge in [0, 0.05) is 36.9 Å². The maximum absolute atomic E-state index is 13.5. The van der Waals surface area contributed by atoms with Crippen molar-refractivity contribution >= 4 is 16.8 Å². The molecule has 0 bridgehead atoms. The second-order valence-electron chi connectivity index (χ2n) is 7.84. The number of nitrogens with zero attached hydrogens (tertiary/aromatic N) is 2. The van der Waals surface area contributed by atoms with E-state index in [9.17, 15) is 4.79 Å². The van der Waals surface area contributed by atoms with Crippen LogP contribution in [-0.4, -0.2) is 47.9 Å². The molecule has 3 aromatic rings. The summed E-state index contributed by atoms with van der Waals surface area (Å²) in [6.07, 6.45) is 1.43. The van der Waals surface area contributed by atoms with E-state index in [1.165, 1.54) is 0 Å². The van der Waals surface area contributed by atoms with E-state index in [2.05, 4.69) is 6.07 Å². The molecule has 1 amide bonds. The van der Waals surface area contributed by atoms with Gasteiger partial charge in [-0.2, -0.15) is 0 Å². The van der Waals surface area contributed by atoms with Crippen LogP contribution in [0.15, 0.2) is 54.6 Å². The first-order valence-electron chi connectivity index (χ1n) is 10.2. The number of fused-ring (bicyclic) bond motifs is 1. The molecule has 3 heterocycles. The summed E-state index contributed by atoms with van der Waals surface area (Å²) >= 11 is 0. The van der Waals surface area contributed by atoms with E-state index in [1.807, 2.05) is 60.4 Å². The number of hydrogen-bond donors (Lipinski definition) is 0. The number of benzene rings is 2. The average molecular weight is 388 g/mol. The number of piperidine rings is 1. The molecule has 1 spiro atoms. The fourth-order valence-electron chi connectivity index (χ4n) is 4.28. The van der Waals surface area contributed by atoms with E-state index in [1.54, 1.807) is 0 Å². The summed E-state index contributed by atoms with van der Waals surface area (Å²) in [6, 6.07) is 18.0. The lowest BCUT2D eigenvalue weighted by molar-refractivity contribution is -0.181. The Kier molecular flexibility index (Phi) is 4.57. The Labute approximate surface area is 170 Å². The van der Waals surface area contributed by atoms with Crippen molar-refractivity contribution in [3.05, 3.63) is 65.7 Å². The minimum absolute atomic E-state index is 0.0491. The summed E-state index contributed by atoms with van der Waals surface area (Å²) < 4.78 is 11.6. The second-order valence-corrected chi connectivity index (χ2v) is 7.84. The van der Waals surface area contributed by atoms with E-state index >= 15 is 0 Å². The second kappa shape index (κ2) is 7.25. The van der Waals surface area contributed by atoms with Crippen LogP contribution in [0, 0.1) is 6.92 Å². The van der Waals surface area contributed by atoms with E-state index < -0.39 is 5.79 Å². The Bertz CT molecular complexity index is 1050. The van der Waals surface area contributed by atoms with E-state index in [4.69, 9.17) is 14.5 Å². The average Bonchev–Trinajstić information content (AvgIpc) is 3.21. The summed E-state index contributed by atoms with van der Waals surface area (Å²) in [7, 11) is 0. The zero-order valence-corrected chi connectivity index (χ0v) is 16.6. The minimum atomic E-state index is -0.483. The Morgan fingerprint density at radius 3 is 2.45 bits per heavy atom. The van der Waals surface area contributed by atoms with Gasteiger partial charge < -0.3 is 14.4 Å². The Hall–Kier alpha value is -2.76. The van der Waals surface area contributed by atoms with Crippen LogP contribution < -0.4 is 0 Å². The molecule has 0 atom stereocenters. The van der Waals surface area contributed by atoms with Gasteiger partial charge in [-0.3, -0.25) is 4.79 Å². The Balaban J connectivity index is 1.52. The predicted octanol–water partition coefficient (Wildman–Crippen LogP) is 4.19. The van der Waals surface area contributed by atoms with Crippen LogP contribution in [0.25, 0.3) is 22.2 Å². The highest BCUT2D eigenvalue weighted by Gasteiger charge is 2.41. The fourth-order valence-corrected chi connectivity index (χ4v) is 4.28. The molecule has 0 unspecified atom stereocenters. The zero-order valence-electron chi connectivity index (χ0n) is 16.6. The molecule has 2 aliphatic heterocycles. The van der Waals surface area contributed by atoms with Gasteiger partial charge in [0.1, 0.15) is 0 Å². The molecule has 0 saturated carbocycles. The molecule has 1 aromatic heterocycles. The highest BCUT2D eigenvalue weighted by molar-refractivity contribution is 6.07. The SMILES string of the molecule is Cc1ccc2nc(-c3ccccc3)cc(C(=O)N3CCC4(CC3)OCCO4)c2c1. The molecule has 2 aromatic carbocycles. The van der Waals surface area contributed by atoms with Gasteiger partial charge in [0.15, 0.2) is 5.79 Å². The highest BCUT2D eigenvalue weighted by Crippen LogP contribution is 2.33. The van der Waals surface area contributed by atoms with Gasteiger partial charge in [0.2, 0.25) is 0 Å². The van der Waals surface area contributed by atoms with Crippen LogP contribution in [-0.2, 0) is 9.47 Å². The van der Waals surface area contributed by atoms with Crippen molar-refractivity contribution in [3.8, 4) is 11.3 Å². The molecular weight excluding hydrogens is 364 g/mol. The molecule has 0 aliphatic carbocycles. The van der Waals surface area contributed by atoms with Gasteiger partial charge in [0.05, 0.1) is 30.0 Å². The molecule has 2 saturated heterocycles. The van der Waals surface area contributed by atoms with Gasteiger partial charge in [-0.05, 0) is 25.1 Å². The monoisotopic (exact) mass is 388 g/mol. The van der Waals surface area contributed by atoms with E-state index in [0.717, 1.165) is 27.7 Å². The number of ether oxygens (including phenoxy) is 2. The molecule has 5 heteroatoms. The summed E-state index contributed by atoms with van der Waals surface area (Å²) in [6.45, 7) is 4.59. The molecule has 5 nitrogen and oxygen atoms in total. The van der Waals surface area contributed by atoms with Gasteiger partial charge in [-0.25, -0.2) is 4.98 Å². The maximum atomic E-state index is 13.5. The first-order chi connectivity index (χ1) is 14.1. The first-order valence-corrected chi connectivity index (χ1v) is 10.2. The minimum Gasteiger partial charge on any atom is -0.347 e. The topological polar surface area (TPSA) is 51.7 Å². The van der Waals surface area contributed by atoms with Gasteiger partial charge in [-0.1, -0.05) is 42.0 Å². The molecule has 0 radical (unpaired) electrons. The van der Waals surface area contributed by atoms with Crippen LogP contribution in [0.1, 0.15) is 28.8 Å². The van der Waals surface area contributed by atoms with Crippen molar-refractivity contribution < 1.29 is 14.3 Å². The van der Waals surface area contributed by atoms with Crippen molar-refractivity contribution in [1.29, 1.82) is 0 Å². The van der Waals surface area contributed by atoms with Crippen LogP contribution in [0.3, 0.4) is 0 Å². The number of aromatic nitrogens is 1. The molecule has 2 fully saturated rings. The van der Waals surface area contributed by atoms with E-state index in [-0.39, 0.29) is 5.91 Å². The summed E-state index contributed by atoms with van der Waals surface area (Å²) in [5, 5.41) is 0.906. The lowest BCUT2D eigenvalue weighted by atomic mass is 9.99. The number of carbonyl (C=O) groups excluding carboxylic acids is 1. The van der Waals surface area contributed by atoms with Gasteiger partial charge in [0.25, 0.3) is 5.91 Å². The molecule has 148 valence electrons. The van der Waals surface area contributed by atoms with Gasteiger partial charge >= 0.3 is 0 Å². The zero-order chi connectivity index (χ0) is 19.8. The number of aryl methyl sites for hydroxylation is 1. The third-order valence-electron chi connectivity index (χ3n) is 5.89. The molecular formula is C24H24N2O3. The largest absolute Gasteiger partial charge is 0.347 e. The summed E-state index contributed by atoms with van der Waals surface area (Å²) in [4.78, 5) is 20.3. The Morgan fingerprint density at radius 1 is 1.00 bits per heavy atom. The van der Waals surface area contributed by atoms with E-state index in [0.29, 0.717) is 44.7 Å². The van der Waals surface area contributed by atoms with Crippen LogP contribution in [0.2, 0.25) is 0 Å². The Morgan fingerprint density at radius 2 is 1.72 bits per heavy atom. The molecule has 2 aliphatic rings. The molecule has 29 heavy (non-hydrogen) atoms. The highest BCUT2D eigenvalue weighted by atomic mass is 16.7. The van der Waals surface area contributed by atoms with Gasteiger partial charge in [-0.15, -0.1) is 0 Å². The number of carbonyl (C=O) groups is 1. The van der Waals surface area contributed by atoms with Crippen molar-refractivity contribution in [3.63, 3.8) is 0 Å². The fraction of sp³-hybridized carbons (Fsp3) is 0.333. The number of pyridine rings is 1. The van der Waals surface area contributed by atoms with Crippen molar-refractivity contribution in [2.45, 2.75) is 25.6 Å². The predicted molar refractivity (Wildman–Crippen MR) is 112 cm³/mol. The first kappa shape index (κ1) is 18.3. The quantitative estimate of drug-likeness (QED) is 0.661. The number of amides is 1. The van der Waals surface area contributed by atoms with Crippen molar-refractivity contribution in [2.24, 2.45) is 0 Å². The third kappa shape index (κ3) is 3.41. The smallest absolute Gasteiger partial charge is 0.254 e. The summed E-state index contributed by atoms with van der Waals surface area (Å²) in [5.74, 6) is -0.434. The van der Waals surface area contributed by atoms with Crippen LogP contribution in [0.4, 0.5) is 0 Å². The molecule has 0 N–H and O–H groups in total.